The molecule has 0 saturated carbocycles. The lowest BCUT2D eigenvalue weighted by molar-refractivity contribution is -0.145. The molecule has 0 amide bonds. The van der Waals surface area contributed by atoms with Crippen LogP contribution in [-0.2, 0) is 13.2 Å². The van der Waals surface area contributed by atoms with Crippen molar-refractivity contribution < 1.29 is 13.2 Å². The predicted octanol–water partition coefficient (Wildman–Crippen LogP) is 1.60. The monoisotopic (exact) mass is 229 g/mol. The molecule has 0 bridgehead atoms. The Morgan fingerprint density at radius 1 is 1.45 bits per heavy atom. The van der Waals surface area contributed by atoms with Crippen molar-refractivity contribution in [3.05, 3.63) is 10.6 Å². The fraction of sp³-hybridized carbons (Fsp3) is 0.500. The Morgan fingerprint density at radius 3 is 2.18 bits per heavy atom. The first kappa shape index (κ1) is 8.51. The second-order valence-corrected chi connectivity index (χ2v) is 2.54. The molecule has 0 aliphatic rings. The SMILES string of the molecule is Cn1nc(C(F)(F)F)nc1Br. The molecule has 11 heavy (non-hydrogen) atoms. The van der Waals surface area contributed by atoms with E-state index in [0.717, 1.165) is 4.68 Å². The lowest BCUT2D eigenvalue weighted by Crippen LogP contribution is -2.08. The first-order chi connectivity index (χ1) is 4.91. The molecule has 0 aliphatic heterocycles. The summed E-state index contributed by atoms with van der Waals surface area (Å²) in [5, 5.41) is 3.12. The van der Waals surface area contributed by atoms with E-state index in [1.165, 1.54) is 7.05 Å². The van der Waals surface area contributed by atoms with Gasteiger partial charge in [-0.05, 0) is 15.9 Å². The van der Waals surface area contributed by atoms with Crippen LogP contribution in [0.2, 0.25) is 0 Å². The number of nitrogens with zero attached hydrogens (tertiary/aromatic N) is 3. The third-order valence-electron chi connectivity index (χ3n) is 0.963. The van der Waals surface area contributed by atoms with Gasteiger partial charge in [0.1, 0.15) is 0 Å². The Kier molecular flexibility index (Phi) is 1.91. The van der Waals surface area contributed by atoms with Crippen LogP contribution < -0.4 is 0 Å². The van der Waals surface area contributed by atoms with E-state index in [-0.39, 0.29) is 4.73 Å². The number of hydrogen-bond acceptors (Lipinski definition) is 2. The average Bonchev–Trinajstić information content (AvgIpc) is 2.11. The molecule has 0 radical (unpaired) electrons. The standard InChI is InChI=1S/C4H3BrF3N3/c1-11-3(5)9-2(10-11)4(6,7)8/h1H3. The van der Waals surface area contributed by atoms with Gasteiger partial charge in [0.15, 0.2) is 4.73 Å². The van der Waals surface area contributed by atoms with Crippen LogP contribution in [0.4, 0.5) is 13.2 Å². The smallest absolute Gasteiger partial charge is 0.243 e. The van der Waals surface area contributed by atoms with Crippen LogP contribution in [0.15, 0.2) is 4.73 Å². The van der Waals surface area contributed by atoms with Gasteiger partial charge in [0.25, 0.3) is 5.82 Å². The van der Waals surface area contributed by atoms with Crippen molar-refractivity contribution in [1.29, 1.82) is 0 Å². The zero-order chi connectivity index (χ0) is 8.65. The summed E-state index contributed by atoms with van der Waals surface area (Å²) in [6.45, 7) is 0. The minimum absolute atomic E-state index is 0.0600. The van der Waals surface area contributed by atoms with Gasteiger partial charge in [-0.25, -0.2) is 4.68 Å². The second kappa shape index (κ2) is 2.47. The Morgan fingerprint density at radius 2 is 2.00 bits per heavy atom. The normalized spacial score (nSPS) is 12.1. The molecular formula is C4H3BrF3N3. The summed E-state index contributed by atoms with van der Waals surface area (Å²) < 4.78 is 36.5. The van der Waals surface area contributed by atoms with Gasteiger partial charge in [-0.15, -0.1) is 5.10 Å². The largest absolute Gasteiger partial charge is 0.453 e. The maximum absolute atomic E-state index is 11.8. The van der Waals surface area contributed by atoms with Crippen LogP contribution in [0.5, 0.6) is 0 Å². The molecule has 0 saturated heterocycles. The maximum atomic E-state index is 11.8. The molecule has 0 atom stereocenters. The molecule has 1 rings (SSSR count). The summed E-state index contributed by atoms with van der Waals surface area (Å²) in [6, 6.07) is 0. The molecule has 0 spiro atoms. The fourth-order valence-electron chi connectivity index (χ4n) is 0.486. The first-order valence-corrected chi connectivity index (χ1v) is 3.34. The first-order valence-electron chi connectivity index (χ1n) is 2.55. The van der Waals surface area contributed by atoms with Crippen LogP contribution in [0.25, 0.3) is 0 Å². The third-order valence-corrected chi connectivity index (χ3v) is 1.65. The van der Waals surface area contributed by atoms with Crippen molar-refractivity contribution in [2.24, 2.45) is 7.05 Å². The van der Waals surface area contributed by atoms with Crippen LogP contribution in [0.3, 0.4) is 0 Å². The number of aryl methyl sites for hydroxylation is 1. The molecular weight excluding hydrogens is 227 g/mol. The summed E-state index contributed by atoms with van der Waals surface area (Å²) in [6.07, 6.45) is -4.47. The molecule has 7 heteroatoms. The van der Waals surface area contributed by atoms with E-state index in [1.54, 1.807) is 0 Å². The minimum atomic E-state index is -4.47. The highest BCUT2D eigenvalue weighted by atomic mass is 79.9. The Labute approximate surface area is 68.4 Å². The zero-order valence-corrected chi connectivity index (χ0v) is 6.94. The third kappa shape index (κ3) is 1.70. The Balaban J connectivity index is 3.08. The molecule has 1 heterocycles. The number of halogens is 4. The lowest BCUT2D eigenvalue weighted by Gasteiger charge is -1.97. The molecule has 0 aliphatic carbocycles. The highest BCUT2D eigenvalue weighted by molar-refractivity contribution is 9.10. The fourth-order valence-corrected chi connectivity index (χ4v) is 0.733. The molecule has 0 unspecified atom stereocenters. The van der Waals surface area contributed by atoms with E-state index in [0.29, 0.717) is 0 Å². The number of aromatic nitrogens is 3. The van der Waals surface area contributed by atoms with Gasteiger partial charge in [-0.3, -0.25) is 0 Å². The van der Waals surface area contributed by atoms with Crippen molar-refractivity contribution in [2.45, 2.75) is 6.18 Å². The minimum Gasteiger partial charge on any atom is -0.243 e. The number of alkyl halides is 3. The molecule has 0 N–H and O–H groups in total. The van der Waals surface area contributed by atoms with E-state index >= 15 is 0 Å². The maximum Gasteiger partial charge on any atom is 0.453 e. The quantitative estimate of drug-likeness (QED) is 0.677. The highest BCUT2D eigenvalue weighted by Gasteiger charge is 2.36. The van der Waals surface area contributed by atoms with Crippen molar-refractivity contribution in [1.82, 2.24) is 14.8 Å². The topological polar surface area (TPSA) is 30.7 Å². The van der Waals surface area contributed by atoms with Gasteiger partial charge >= 0.3 is 6.18 Å². The van der Waals surface area contributed by atoms with E-state index in [9.17, 15) is 13.2 Å². The van der Waals surface area contributed by atoms with Gasteiger partial charge in [0.2, 0.25) is 0 Å². The molecule has 1 aromatic rings. The summed E-state index contributed by atoms with van der Waals surface area (Å²) >= 11 is 2.80. The van der Waals surface area contributed by atoms with E-state index in [1.807, 2.05) is 0 Å². The van der Waals surface area contributed by atoms with Crippen LogP contribution in [-0.4, -0.2) is 14.8 Å². The van der Waals surface area contributed by atoms with Crippen LogP contribution >= 0.6 is 15.9 Å². The summed E-state index contributed by atoms with van der Waals surface area (Å²) in [7, 11) is 1.37. The number of hydrogen-bond donors (Lipinski definition) is 0. The molecule has 0 fully saturated rings. The predicted molar refractivity (Wildman–Crippen MR) is 33.7 cm³/mol. The van der Waals surface area contributed by atoms with Crippen molar-refractivity contribution in [2.75, 3.05) is 0 Å². The molecule has 1 aromatic heterocycles. The van der Waals surface area contributed by atoms with E-state index in [2.05, 4.69) is 26.0 Å². The summed E-state index contributed by atoms with van der Waals surface area (Å²) in [5.74, 6) is -1.13. The second-order valence-electron chi connectivity index (χ2n) is 1.83. The van der Waals surface area contributed by atoms with Gasteiger partial charge in [-0.2, -0.15) is 18.2 Å². The highest BCUT2D eigenvalue weighted by Crippen LogP contribution is 2.26. The summed E-state index contributed by atoms with van der Waals surface area (Å²) in [4.78, 5) is 3.12. The van der Waals surface area contributed by atoms with Gasteiger partial charge < -0.3 is 0 Å². The molecule has 0 aromatic carbocycles. The number of rotatable bonds is 0. The Hall–Kier alpha value is -0.590. The zero-order valence-electron chi connectivity index (χ0n) is 5.35. The average molecular weight is 230 g/mol. The summed E-state index contributed by atoms with van der Waals surface area (Å²) in [5.41, 5.74) is 0. The van der Waals surface area contributed by atoms with E-state index in [4.69, 9.17) is 0 Å². The van der Waals surface area contributed by atoms with Crippen LogP contribution in [0, 0.1) is 0 Å². The van der Waals surface area contributed by atoms with Crippen LogP contribution in [0.1, 0.15) is 5.82 Å². The molecule has 3 nitrogen and oxygen atoms in total. The Bertz CT molecular complexity index is 247. The van der Waals surface area contributed by atoms with Gasteiger partial charge in [0, 0.05) is 7.05 Å². The van der Waals surface area contributed by atoms with Crippen molar-refractivity contribution in [3.8, 4) is 0 Å². The molecule has 62 valence electrons. The van der Waals surface area contributed by atoms with E-state index < -0.39 is 12.0 Å². The van der Waals surface area contributed by atoms with Gasteiger partial charge in [0.05, 0.1) is 0 Å². The lowest BCUT2D eigenvalue weighted by atomic mass is 10.6. The van der Waals surface area contributed by atoms with Crippen molar-refractivity contribution >= 4 is 15.9 Å². The van der Waals surface area contributed by atoms with Gasteiger partial charge in [-0.1, -0.05) is 0 Å². The van der Waals surface area contributed by atoms with Crippen molar-refractivity contribution in [3.63, 3.8) is 0 Å².